The lowest BCUT2D eigenvalue weighted by atomic mass is 9.37. The van der Waals surface area contributed by atoms with Gasteiger partial charge in [-0.3, -0.25) is 8.97 Å². The summed E-state index contributed by atoms with van der Waals surface area (Å²) < 4.78 is 5.19. The third-order valence-electron chi connectivity index (χ3n) is 10.8. The molecule has 210 valence electrons. The van der Waals surface area contributed by atoms with Gasteiger partial charge in [-0.05, 0) is 84.8 Å². The van der Waals surface area contributed by atoms with Crippen molar-refractivity contribution < 1.29 is 0 Å². The largest absolute Gasteiger partial charge is 0.295 e. The quantitative estimate of drug-likeness (QED) is 0.175. The fraction of sp³-hybridized carbons (Fsp3) is 0.0952. The van der Waals surface area contributed by atoms with E-state index in [4.69, 9.17) is 0 Å². The van der Waals surface area contributed by atoms with E-state index in [1.54, 1.807) is 0 Å². The predicted octanol–water partition coefficient (Wildman–Crippen LogP) is 8.46. The molecule has 2 aromatic heterocycles. The minimum Gasteiger partial charge on any atom is -0.295 e. The molecule has 0 amide bonds. The van der Waals surface area contributed by atoms with Crippen molar-refractivity contribution in [3.63, 3.8) is 0 Å². The maximum Gasteiger partial charge on any atom is 0.251 e. The highest BCUT2D eigenvalue weighted by Gasteiger charge is 2.47. The van der Waals surface area contributed by atoms with Crippen LogP contribution in [0.15, 0.2) is 121 Å². The summed E-state index contributed by atoms with van der Waals surface area (Å²) in [7, 11) is 0. The number of aromatic nitrogens is 2. The van der Waals surface area contributed by atoms with Crippen LogP contribution in [-0.2, 0) is 5.41 Å². The minimum atomic E-state index is 0.0126. The number of hydrogen-bond acceptors (Lipinski definition) is 0. The molecule has 0 fully saturated rings. The number of hydrogen-bond donors (Lipinski definition) is 0. The Hall–Kier alpha value is -5.28. The fourth-order valence-electron chi connectivity index (χ4n) is 8.87. The molecule has 4 heterocycles. The van der Waals surface area contributed by atoms with Crippen molar-refractivity contribution >= 4 is 50.6 Å². The first kappa shape index (κ1) is 24.1. The maximum atomic E-state index is 2.60. The summed E-state index contributed by atoms with van der Waals surface area (Å²) >= 11 is 0. The third-order valence-corrected chi connectivity index (χ3v) is 10.8. The van der Waals surface area contributed by atoms with E-state index in [2.05, 4.69) is 151 Å². The second-order valence-electron chi connectivity index (χ2n) is 14.1. The molecular formula is C42H29BN2. The van der Waals surface area contributed by atoms with Gasteiger partial charge < -0.3 is 0 Å². The van der Waals surface area contributed by atoms with E-state index in [9.17, 15) is 0 Å². The van der Waals surface area contributed by atoms with Crippen molar-refractivity contribution in [1.29, 1.82) is 0 Å². The Kier molecular flexibility index (Phi) is 4.21. The normalized spacial score (nSPS) is 13.6. The van der Waals surface area contributed by atoms with Gasteiger partial charge in [0.1, 0.15) is 5.65 Å². The van der Waals surface area contributed by atoms with Gasteiger partial charge in [-0.2, -0.15) is 0 Å². The molecular weight excluding hydrogens is 543 g/mol. The van der Waals surface area contributed by atoms with Crippen LogP contribution in [0.4, 0.5) is 0 Å². The zero-order valence-electron chi connectivity index (χ0n) is 25.5. The molecule has 2 aliphatic heterocycles. The van der Waals surface area contributed by atoms with Gasteiger partial charge in [0.25, 0.3) is 6.71 Å². The standard InChI is InChI=1S/C42H29BN2/c1-42(2,3)27-22-31-30-21-26(24-11-5-4-6-12-24)19-20-32(30)43-38(31)35(23-27)44-33-17-7-8-18-34(33)45-40-29-16-10-14-25-13-9-15-28(36(25)29)37(40)39(43)41(44)45/h4-23H,1-3H3. The van der Waals surface area contributed by atoms with Crippen LogP contribution >= 0.6 is 0 Å². The van der Waals surface area contributed by atoms with Crippen LogP contribution in [-0.4, -0.2) is 15.7 Å². The van der Waals surface area contributed by atoms with E-state index in [0.717, 1.165) is 0 Å². The Labute approximate surface area is 262 Å². The highest BCUT2D eigenvalue weighted by Crippen LogP contribution is 2.51. The molecule has 0 saturated heterocycles. The average Bonchev–Trinajstić information content (AvgIpc) is 3.78. The van der Waals surface area contributed by atoms with E-state index >= 15 is 0 Å². The molecule has 0 saturated carbocycles. The van der Waals surface area contributed by atoms with Crippen LogP contribution in [0.1, 0.15) is 26.3 Å². The van der Waals surface area contributed by atoms with Crippen molar-refractivity contribution in [3.05, 3.63) is 127 Å². The topological polar surface area (TPSA) is 9.34 Å². The summed E-state index contributed by atoms with van der Waals surface area (Å²) in [6, 6.07) is 45.8. The Balaban J connectivity index is 1.35. The first-order valence-electron chi connectivity index (χ1n) is 16.1. The Morgan fingerprint density at radius 1 is 0.578 bits per heavy atom. The lowest BCUT2D eigenvalue weighted by molar-refractivity contribution is 0.590. The highest BCUT2D eigenvalue weighted by molar-refractivity contribution is 7.02. The lowest BCUT2D eigenvalue weighted by Gasteiger charge is -2.27. The molecule has 0 spiro atoms. The molecule has 0 N–H and O–H groups in total. The van der Waals surface area contributed by atoms with E-state index < -0.39 is 0 Å². The molecule has 3 heteroatoms. The first-order chi connectivity index (χ1) is 22.0. The van der Waals surface area contributed by atoms with Gasteiger partial charge >= 0.3 is 0 Å². The SMILES string of the molecule is CC(C)(C)c1cc2c3c(c1)-n1c4ccccc4n4c5c(c(c14)B3c1ccc(-c3ccccc3)cc1-2)-c1cccc2cccc-5c12. The van der Waals surface area contributed by atoms with Crippen molar-refractivity contribution in [3.8, 4) is 50.3 Å². The molecule has 8 aromatic rings. The smallest absolute Gasteiger partial charge is 0.251 e. The van der Waals surface area contributed by atoms with Crippen LogP contribution in [0.3, 0.4) is 0 Å². The summed E-state index contributed by atoms with van der Waals surface area (Å²) in [6.07, 6.45) is 0. The van der Waals surface area contributed by atoms with Gasteiger partial charge in [-0.1, -0.05) is 123 Å². The molecule has 11 rings (SSSR count). The summed E-state index contributed by atoms with van der Waals surface area (Å²) in [6.45, 7) is 7.20. The second kappa shape index (κ2) is 7.86. The zero-order chi connectivity index (χ0) is 29.8. The predicted molar refractivity (Wildman–Crippen MR) is 190 cm³/mol. The van der Waals surface area contributed by atoms with Gasteiger partial charge in [-0.15, -0.1) is 0 Å². The molecule has 2 nitrogen and oxygen atoms in total. The zero-order valence-corrected chi connectivity index (χ0v) is 25.5. The number of para-hydroxylation sites is 2. The van der Waals surface area contributed by atoms with Crippen LogP contribution in [0.2, 0.25) is 0 Å². The molecule has 0 radical (unpaired) electrons. The van der Waals surface area contributed by atoms with Crippen LogP contribution < -0.4 is 16.4 Å². The number of rotatable bonds is 1. The van der Waals surface area contributed by atoms with E-state index in [0.29, 0.717) is 0 Å². The van der Waals surface area contributed by atoms with Crippen molar-refractivity contribution in [2.45, 2.75) is 26.2 Å². The summed E-state index contributed by atoms with van der Waals surface area (Å²) in [5.41, 5.74) is 21.7. The number of benzene rings is 6. The number of fused-ring (bicyclic) bond motifs is 13. The molecule has 1 aliphatic carbocycles. The second-order valence-corrected chi connectivity index (χ2v) is 14.1. The van der Waals surface area contributed by atoms with Crippen molar-refractivity contribution in [2.24, 2.45) is 0 Å². The maximum absolute atomic E-state index is 2.60. The van der Waals surface area contributed by atoms with E-state index in [-0.39, 0.29) is 12.1 Å². The third kappa shape index (κ3) is 2.79. The van der Waals surface area contributed by atoms with Gasteiger partial charge in [0.05, 0.1) is 16.7 Å². The Morgan fingerprint density at radius 3 is 2.13 bits per heavy atom. The summed E-state index contributed by atoms with van der Waals surface area (Å²) in [4.78, 5) is 0. The monoisotopic (exact) mass is 572 g/mol. The van der Waals surface area contributed by atoms with Crippen LogP contribution in [0.25, 0.3) is 77.8 Å². The molecule has 0 atom stereocenters. The Morgan fingerprint density at radius 2 is 1.33 bits per heavy atom. The molecule has 0 bridgehead atoms. The van der Waals surface area contributed by atoms with E-state index in [1.165, 1.54) is 99.7 Å². The van der Waals surface area contributed by atoms with E-state index in [1.807, 2.05) is 0 Å². The first-order valence-corrected chi connectivity index (χ1v) is 16.1. The van der Waals surface area contributed by atoms with Crippen LogP contribution in [0.5, 0.6) is 0 Å². The number of imidazole rings is 1. The van der Waals surface area contributed by atoms with Crippen molar-refractivity contribution in [1.82, 2.24) is 8.97 Å². The van der Waals surface area contributed by atoms with Crippen molar-refractivity contribution in [2.75, 3.05) is 0 Å². The highest BCUT2D eigenvalue weighted by atomic mass is 15.2. The molecule has 3 aliphatic rings. The number of nitrogens with zero attached hydrogens (tertiary/aromatic N) is 2. The average molecular weight is 573 g/mol. The minimum absolute atomic E-state index is 0.0126. The van der Waals surface area contributed by atoms with Gasteiger partial charge in [0, 0.05) is 16.8 Å². The lowest BCUT2D eigenvalue weighted by Crippen LogP contribution is -2.53. The van der Waals surface area contributed by atoms with Gasteiger partial charge in [0.15, 0.2) is 0 Å². The fourth-order valence-corrected chi connectivity index (χ4v) is 8.87. The molecule has 6 aromatic carbocycles. The van der Waals surface area contributed by atoms with Gasteiger partial charge in [-0.25, -0.2) is 0 Å². The van der Waals surface area contributed by atoms with Gasteiger partial charge in [0.2, 0.25) is 0 Å². The summed E-state index contributed by atoms with van der Waals surface area (Å²) in [5, 5.41) is 2.70. The Bertz CT molecular complexity index is 2620. The molecule has 0 unspecified atom stereocenters. The summed E-state index contributed by atoms with van der Waals surface area (Å²) in [5.74, 6) is 0. The molecule has 45 heavy (non-hydrogen) atoms. The van der Waals surface area contributed by atoms with Crippen LogP contribution in [0, 0.1) is 0 Å².